The third kappa shape index (κ3) is 2.94. The van der Waals surface area contributed by atoms with E-state index in [1.54, 1.807) is 6.26 Å². The Morgan fingerprint density at radius 1 is 1.15 bits per heavy atom. The summed E-state index contributed by atoms with van der Waals surface area (Å²) in [5, 5.41) is 3.75. The van der Waals surface area contributed by atoms with Gasteiger partial charge in [0.1, 0.15) is 5.76 Å². The van der Waals surface area contributed by atoms with Crippen LogP contribution in [0.2, 0.25) is 0 Å². The van der Waals surface area contributed by atoms with Crippen LogP contribution in [0.3, 0.4) is 0 Å². The molecule has 0 aromatic carbocycles. The molecule has 1 aliphatic carbocycles. The van der Waals surface area contributed by atoms with Gasteiger partial charge in [0.25, 0.3) is 0 Å². The lowest BCUT2D eigenvalue weighted by atomic mass is 9.89. The van der Waals surface area contributed by atoms with E-state index in [-0.39, 0.29) is 0 Å². The van der Waals surface area contributed by atoms with Gasteiger partial charge in [-0.1, -0.05) is 0 Å². The Labute approximate surface area is 121 Å². The van der Waals surface area contributed by atoms with E-state index < -0.39 is 0 Å². The Hall–Kier alpha value is -0.800. The Bertz CT molecular complexity index is 414. The summed E-state index contributed by atoms with van der Waals surface area (Å²) in [5.74, 6) is 2.08. The van der Waals surface area contributed by atoms with Crippen molar-refractivity contribution in [1.82, 2.24) is 10.2 Å². The standard InChI is InChI=1S/C17H26N2O/c1-2-17(20-9-1)12-19(16-5-6-16)8-7-13-10-14-3-4-15(11-13)18-14/h1-2,9,13-16,18H,3-8,10-12H2. The van der Waals surface area contributed by atoms with E-state index in [2.05, 4.69) is 16.3 Å². The van der Waals surface area contributed by atoms with Gasteiger partial charge in [-0.3, -0.25) is 4.90 Å². The smallest absolute Gasteiger partial charge is 0.117 e. The normalized spacial score (nSPS) is 33.0. The molecule has 3 fully saturated rings. The molecule has 3 aliphatic rings. The molecule has 4 rings (SSSR count). The van der Waals surface area contributed by atoms with Gasteiger partial charge in [0, 0.05) is 18.1 Å². The molecular formula is C17H26N2O. The molecular weight excluding hydrogens is 248 g/mol. The largest absolute Gasteiger partial charge is 0.468 e. The molecule has 3 nitrogen and oxygen atoms in total. The predicted molar refractivity (Wildman–Crippen MR) is 79.4 cm³/mol. The van der Waals surface area contributed by atoms with Crippen molar-refractivity contribution >= 4 is 0 Å². The van der Waals surface area contributed by atoms with Crippen molar-refractivity contribution < 1.29 is 4.42 Å². The Kier molecular flexibility index (Phi) is 3.57. The van der Waals surface area contributed by atoms with Gasteiger partial charge in [0.15, 0.2) is 0 Å². The lowest BCUT2D eigenvalue weighted by Gasteiger charge is -2.31. The first-order chi connectivity index (χ1) is 9.87. The van der Waals surface area contributed by atoms with Crippen molar-refractivity contribution in [1.29, 1.82) is 0 Å². The van der Waals surface area contributed by atoms with Crippen molar-refractivity contribution in [2.45, 2.75) is 69.6 Å². The minimum absolute atomic E-state index is 0.832. The second kappa shape index (κ2) is 5.53. The fourth-order valence-electron chi connectivity index (χ4n) is 4.19. The zero-order chi connectivity index (χ0) is 13.4. The number of fused-ring (bicyclic) bond motifs is 2. The lowest BCUT2D eigenvalue weighted by Crippen LogP contribution is -2.39. The molecule has 1 saturated carbocycles. The van der Waals surface area contributed by atoms with E-state index >= 15 is 0 Å². The van der Waals surface area contributed by atoms with E-state index in [0.717, 1.165) is 36.3 Å². The molecule has 3 heterocycles. The van der Waals surface area contributed by atoms with Crippen LogP contribution in [0, 0.1) is 5.92 Å². The van der Waals surface area contributed by atoms with Gasteiger partial charge >= 0.3 is 0 Å². The maximum absolute atomic E-state index is 5.53. The highest BCUT2D eigenvalue weighted by molar-refractivity contribution is 5.00. The fraction of sp³-hybridized carbons (Fsp3) is 0.765. The quantitative estimate of drug-likeness (QED) is 0.863. The van der Waals surface area contributed by atoms with Crippen LogP contribution < -0.4 is 5.32 Å². The molecule has 0 radical (unpaired) electrons. The molecule has 2 bridgehead atoms. The van der Waals surface area contributed by atoms with Crippen LogP contribution in [0.25, 0.3) is 0 Å². The molecule has 1 aromatic heterocycles. The molecule has 2 saturated heterocycles. The summed E-state index contributed by atoms with van der Waals surface area (Å²) in [4.78, 5) is 2.66. The molecule has 110 valence electrons. The van der Waals surface area contributed by atoms with Crippen LogP contribution in [0.5, 0.6) is 0 Å². The number of nitrogens with zero attached hydrogens (tertiary/aromatic N) is 1. The Balaban J connectivity index is 1.30. The van der Waals surface area contributed by atoms with Gasteiger partial charge in [0.05, 0.1) is 12.8 Å². The van der Waals surface area contributed by atoms with E-state index in [1.165, 1.54) is 51.5 Å². The summed E-state index contributed by atoms with van der Waals surface area (Å²) in [6, 6.07) is 6.61. The topological polar surface area (TPSA) is 28.4 Å². The highest BCUT2D eigenvalue weighted by Gasteiger charge is 2.34. The maximum atomic E-state index is 5.53. The van der Waals surface area contributed by atoms with Gasteiger partial charge in [0.2, 0.25) is 0 Å². The average Bonchev–Trinajstić information content (AvgIpc) is 3.08. The number of hydrogen-bond acceptors (Lipinski definition) is 3. The van der Waals surface area contributed by atoms with Crippen LogP contribution in [-0.4, -0.2) is 29.6 Å². The Morgan fingerprint density at radius 2 is 1.95 bits per heavy atom. The molecule has 1 aromatic rings. The second-order valence-electron chi connectivity index (χ2n) is 7.04. The molecule has 3 heteroatoms. The highest BCUT2D eigenvalue weighted by atomic mass is 16.3. The summed E-state index contributed by atoms with van der Waals surface area (Å²) >= 11 is 0. The number of furan rings is 1. The predicted octanol–water partition coefficient (Wildman–Crippen LogP) is 3.16. The summed E-state index contributed by atoms with van der Waals surface area (Å²) in [6.07, 6.45) is 11.6. The molecule has 2 atom stereocenters. The van der Waals surface area contributed by atoms with E-state index in [4.69, 9.17) is 4.42 Å². The average molecular weight is 274 g/mol. The first-order valence-corrected chi connectivity index (χ1v) is 8.39. The molecule has 0 amide bonds. The number of nitrogens with one attached hydrogen (secondary N) is 1. The first kappa shape index (κ1) is 12.9. The third-order valence-electron chi connectivity index (χ3n) is 5.40. The minimum atomic E-state index is 0.832. The van der Waals surface area contributed by atoms with E-state index in [0.29, 0.717) is 0 Å². The van der Waals surface area contributed by atoms with Crippen LogP contribution in [0.15, 0.2) is 22.8 Å². The minimum Gasteiger partial charge on any atom is -0.468 e. The molecule has 1 N–H and O–H groups in total. The first-order valence-electron chi connectivity index (χ1n) is 8.39. The van der Waals surface area contributed by atoms with Crippen molar-refractivity contribution in [3.63, 3.8) is 0 Å². The third-order valence-corrected chi connectivity index (χ3v) is 5.40. The van der Waals surface area contributed by atoms with Crippen molar-refractivity contribution in [2.24, 2.45) is 5.92 Å². The number of hydrogen-bond donors (Lipinski definition) is 1. The summed E-state index contributed by atoms with van der Waals surface area (Å²) in [7, 11) is 0. The van der Waals surface area contributed by atoms with Crippen molar-refractivity contribution in [3.8, 4) is 0 Å². The molecule has 20 heavy (non-hydrogen) atoms. The van der Waals surface area contributed by atoms with Gasteiger partial charge in [-0.25, -0.2) is 0 Å². The summed E-state index contributed by atoms with van der Waals surface area (Å²) in [6.45, 7) is 2.27. The summed E-state index contributed by atoms with van der Waals surface area (Å²) < 4.78 is 5.53. The monoisotopic (exact) mass is 274 g/mol. The van der Waals surface area contributed by atoms with Gasteiger partial charge in [-0.15, -0.1) is 0 Å². The van der Waals surface area contributed by atoms with Crippen molar-refractivity contribution in [3.05, 3.63) is 24.2 Å². The fourth-order valence-corrected chi connectivity index (χ4v) is 4.19. The van der Waals surface area contributed by atoms with Crippen molar-refractivity contribution in [2.75, 3.05) is 6.54 Å². The number of rotatable bonds is 6. The molecule has 2 unspecified atom stereocenters. The van der Waals surface area contributed by atoms with Gasteiger partial charge in [-0.05, 0) is 69.5 Å². The van der Waals surface area contributed by atoms with Crippen LogP contribution >= 0.6 is 0 Å². The Morgan fingerprint density at radius 3 is 2.60 bits per heavy atom. The summed E-state index contributed by atoms with van der Waals surface area (Å²) in [5.41, 5.74) is 0. The zero-order valence-corrected chi connectivity index (χ0v) is 12.3. The van der Waals surface area contributed by atoms with E-state index in [1.807, 2.05) is 6.07 Å². The van der Waals surface area contributed by atoms with Crippen LogP contribution in [-0.2, 0) is 6.54 Å². The second-order valence-corrected chi connectivity index (χ2v) is 7.04. The van der Waals surface area contributed by atoms with Gasteiger partial charge in [-0.2, -0.15) is 0 Å². The molecule has 0 spiro atoms. The van der Waals surface area contributed by atoms with Crippen LogP contribution in [0.1, 0.15) is 50.7 Å². The van der Waals surface area contributed by atoms with Crippen LogP contribution in [0.4, 0.5) is 0 Å². The highest BCUT2D eigenvalue weighted by Crippen LogP contribution is 2.34. The zero-order valence-electron chi connectivity index (χ0n) is 12.3. The lowest BCUT2D eigenvalue weighted by molar-refractivity contribution is 0.195. The number of piperidine rings is 1. The van der Waals surface area contributed by atoms with E-state index in [9.17, 15) is 0 Å². The SMILES string of the molecule is c1coc(CN(CCC2CC3CCC(C2)N3)C2CC2)c1. The molecule has 2 aliphatic heterocycles. The van der Waals surface area contributed by atoms with Gasteiger partial charge < -0.3 is 9.73 Å². The maximum Gasteiger partial charge on any atom is 0.117 e.